The predicted molar refractivity (Wildman–Crippen MR) is 75.6 cm³/mol. The monoisotopic (exact) mass is 335 g/mol. The van der Waals surface area contributed by atoms with Gasteiger partial charge in [-0.25, -0.2) is 8.42 Å². The number of thiophene rings is 1. The molecule has 21 heavy (non-hydrogen) atoms. The maximum Gasteiger partial charge on any atom is 0.318 e. The number of sulfonamides is 1. The van der Waals surface area contributed by atoms with Crippen LogP contribution in [0.25, 0.3) is 0 Å². The molecule has 0 radical (unpaired) electrons. The lowest BCUT2D eigenvalue weighted by Gasteiger charge is -2.24. The number of hydrogen-bond acceptors (Lipinski definition) is 6. The topological polar surface area (TPSA) is 93.1 Å². The summed E-state index contributed by atoms with van der Waals surface area (Å²) < 4.78 is 37.1. The summed E-state index contributed by atoms with van der Waals surface area (Å²) in [6, 6.07) is 1.17. The number of ether oxygens (including phenoxy) is 2. The zero-order valence-electron chi connectivity index (χ0n) is 11.7. The molecule has 118 valence electrons. The second-order valence-corrected chi connectivity index (χ2v) is 7.78. The Labute approximate surface area is 127 Å². The van der Waals surface area contributed by atoms with E-state index in [4.69, 9.17) is 14.6 Å². The first kappa shape index (κ1) is 16.4. The van der Waals surface area contributed by atoms with E-state index in [-0.39, 0.29) is 4.21 Å². The first-order chi connectivity index (χ1) is 9.84. The fourth-order valence-corrected chi connectivity index (χ4v) is 5.10. The van der Waals surface area contributed by atoms with Gasteiger partial charge in [-0.3, -0.25) is 4.79 Å². The Hall–Kier alpha value is -1.00. The van der Waals surface area contributed by atoms with Crippen molar-refractivity contribution in [3.05, 3.63) is 17.0 Å². The van der Waals surface area contributed by atoms with Gasteiger partial charge in [0.25, 0.3) is 10.0 Å². The summed E-state index contributed by atoms with van der Waals surface area (Å²) in [4.78, 5) is 10.9. The normalized spacial score (nSPS) is 17.0. The fourth-order valence-electron chi connectivity index (χ4n) is 2.01. The minimum atomic E-state index is -3.91. The molecule has 1 N–H and O–H groups in total. The molecule has 7 nitrogen and oxygen atoms in total. The van der Waals surface area contributed by atoms with Crippen LogP contribution in [0.15, 0.2) is 15.7 Å². The van der Waals surface area contributed by atoms with Crippen LogP contribution in [0.2, 0.25) is 0 Å². The largest absolute Gasteiger partial charge is 0.480 e. The number of carboxylic acids is 1. The van der Waals surface area contributed by atoms with E-state index in [0.717, 1.165) is 15.6 Å². The quantitative estimate of drug-likeness (QED) is 0.842. The molecule has 0 amide bonds. The lowest BCUT2D eigenvalue weighted by molar-refractivity contribution is -0.137. The average molecular weight is 335 g/mol. The van der Waals surface area contributed by atoms with Crippen molar-refractivity contribution in [1.29, 1.82) is 0 Å². The Kier molecular flexibility index (Phi) is 4.99. The van der Waals surface area contributed by atoms with Crippen LogP contribution in [0, 0.1) is 0 Å². The SMILES string of the molecule is CC(C)N(CC(=O)O)S(=O)(=O)c1sccc1C1OCCO1. The molecule has 1 aromatic heterocycles. The molecule has 1 aliphatic rings. The van der Waals surface area contributed by atoms with Gasteiger partial charge in [-0.2, -0.15) is 4.31 Å². The molecule has 0 bridgehead atoms. The summed E-state index contributed by atoms with van der Waals surface area (Å²) in [5.74, 6) is -1.20. The molecule has 1 aromatic rings. The van der Waals surface area contributed by atoms with E-state index in [1.165, 1.54) is 0 Å². The Morgan fingerprint density at radius 2 is 2.10 bits per heavy atom. The second kappa shape index (κ2) is 6.41. The summed E-state index contributed by atoms with van der Waals surface area (Å²) in [5, 5.41) is 10.6. The van der Waals surface area contributed by atoms with Crippen molar-refractivity contribution < 1.29 is 27.8 Å². The molecule has 0 atom stereocenters. The third-order valence-corrected chi connectivity index (χ3v) is 6.46. The van der Waals surface area contributed by atoms with Crippen LogP contribution >= 0.6 is 11.3 Å². The third-order valence-electron chi connectivity index (χ3n) is 2.94. The van der Waals surface area contributed by atoms with Crippen molar-refractivity contribution in [1.82, 2.24) is 4.31 Å². The zero-order valence-corrected chi connectivity index (χ0v) is 13.3. The third kappa shape index (κ3) is 3.43. The van der Waals surface area contributed by atoms with Gasteiger partial charge in [0.15, 0.2) is 6.29 Å². The highest BCUT2D eigenvalue weighted by molar-refractivity contribution is 7.91. The molecular weight excluding hydrogens is 318 g/mol. The lowest BCUT2D eigenvalue weighted by Crippen LogP contribution is -2.40. The summed E-state index contributed by atoms with van der Waals surface area (Å²) in [6.07, 6.45) is -0.708. The van der Waals surface area contributed by atoms with Crippen molar-refractivity contribution >= 4 is 27.3 Å². The molecule has 0 aromatic carbocycles. The van der Waals surface area contributed by atoms with Crippen molar-refractivity contribution in [2.24, 2.45) is 0 Å². The van der Waals surface area contributed by atoms with E-state index < -0.39 is 34.9 Å². The number of carbonyl (C=O) groups is 1. The van der Waals surface area contributed by atoms with Gasteiger partial charge in [0.2, 0.25) is 0 Å². The highest BCUT2D eigenvalue weighted by Gasteiger charge is 2.35. The molecule has 9 heteroatoms. The average Bonchev–Trinajstić information content (AvgIpc) is 3.04. The van der Waals surface area contributed by atoms with Gasteiger partial charge in [-0.15, -0.1) is 11.3 Å². The van der Waals surface area contributed by atoms with Crippen LogP contribution in [-0.2, 0) is 24.3 Å². The van der Waals surface area contributed by atoms with Gasteiger partial charge in [0.05, 0.1) is 13.2 Å². The minimum Gasteiger partial charge on any atom is -0.480 e. The van der Waals surface area contributed by atoms with Crippen LogP contribution in [0.3, 0.4) is 0 Å². The highest BCUT2D eigenvalue weighted by Crippen LogP contribution is 2.35. The van der Waals surface area contributed by atoms with E-state index in [1.54, 1.807) is 25.3 Å². The Balaban J connectivity index is 2.38. The maximum absolute atomic E-state index is 12.7. The molecule has 2 heterocycles. The van der Waals surface area contributed by atoms with E-state index in [9.17, 15) is 13.2 Å². The number of rotatable bonds is 6. The zero-order chi connectivity index (χ0) is 15.6. The van der Waals surface area contributed by atoms with E-state index >= 15 is 0 Å². The summed E-state index contributed by atoms with van der Waals surface area (Å²) in [5.41, 5.74) is 0.425. The molecule has 0 unspecified atom stereocenters. The van der Waals surface area contributed by atoms with Gasteiger partial charge < -0.3 is 14.6 Å². The van der Waals surface area contributed by atoms with Crippen molar-refractivity contribution in [3.63, 3.8) is 0 Å². The number of hydrogen-bond donors (Lipinski definition) is 1. The van der Waals surface area contributed by atoms with Crippen molar-refractivity contribution in [2.75, 3.05) is 19.8 Å². The van der Waals surface area contributed by atoms with Gasteiger partial charge in [0, 0.05) is 11.6 Å². The molecule has 1 saturated heterocycles. The predicted octanol–water partition coefficient (Wildman–Crippen LogP) is 1.28. The summed E-state index contributed by atoms with van der Waals surface area (Å²) >= 11 is 1.03. The molecule has 0 aliphatic carbocycles. The van der Waals surface area contributed by atoms with E-state index in [2.05, 4.69) is 0 Å². The number of aliphatic carboxylic acids is 1. The molecular formula is C12H17NO6S2. The van der Waals surface area contributed by atoms with Crippen LogP contribution in [-0.4, -0.2) is 49.6 Å². The van der Waals surface area contributed by atoms with Gasteiger partial charge in [-0.1, -0.05) is 0 Å². The number of carboxylic acid groups (broad SMARTS) is 1. The van der Waals surface area contributed by atoms with E-state index in [1.807, 2.05) is 0 Å². The standard InChI is InChI=1S/C12H17NO6S2/c1-8(2)13(7-10(14)15)21(16,17)12-9(3-6-20-12)11-18-4-5-19-11/h3,6,8,11H,4-5,7H2,1-2H3,(H,14,15). The van der Waals surface area contributed by atoms with Gasteiger partial charge in [0.1, 0.15) is 10.8 Å². The molecule has 0 spiro atoms. The highest BCUT2D eigenvalue weighted by atomic mass is 32.2. The molecule has 0 saturated carbocycles. The van der Waals surface area contributed by atoms with Crippen molar-refractivity contribution in [3.8, 4) is 0 Å². The van der Waals surface area contributed by atoms with E-state index in [0.29, 0.717) is 18.8 Å². The molecule has 2 rings (SSSR count). The van der Waals surface area contributed by atoms with Crippen LogP contribution < -0.4 is 0 Å². The Bertz CT molecular complexity index is 603. The Morgan fingerprint density at radius 3 is 2.62 bits per heavy atom. The minimum absolute atomic E-state index is 0.0735. The molecule has 1 fully saturated rings. The summed E-state index contributed by atoms with van der Waals surface area (Å²) in [7, 11) is -3.91. The van der Waals surface area contributed by atoms with Crippen molar-refractivity contribution in [2.45, 2.75) is 30.4 Å². The fraction of sp³-hybridized carbons (Fsp3) is 0.583. The van der Waals surface area contributed by atoms with Crippen LogP contribution in [0.1, 0.15) is 25.7 Å². The Morgan fingerprint density at radius 1 is 1.48 bits per heavy atom. The molecule has 1 aliphatic heterocycles. The lowest BCUT2D eigenvalue weighted by atomic mass is 10.3. The van der Waals surface area contributed by atoms with Gasteiger partial charge in [-0.05, 0) is 25.3 Å². The second-order valence-electron chi connectivity index (χ2n) is 4.77. The first-order valence-electron chi connectivity index (χ1n) is 6.38. The first-order valence-corrected chi connectivity index (χ1v) is 8.70. The maximum atomic E-state index is 12.7. The van der Waals surface area contributed by atoms with Crippen LogP contribution in [0.5, 0.6) is 0 Å². The number of nitrogens with zero attached hydrogens (tertiary/aromatic N) is 1. The summed E-state index contributed by atoms with van der Waals surface area (Å²) in [6.45, 7) is 3.50. The van der Waals surface area contributed by atoms with Gasteiger partial charge >= 0.3 is 5.97 Å². The smallest absolute Gasteiger partial charge is 0.318 e. The van der Waals surface area contributed by atoms with Crippen LogP contribution in [0.4, 0.5) is 0 Å².